The molecule has 0 aromatic heterocycles. The molecule has 13 nitrogen and oxygen atoms in total. The second kappa shape index (κ2) is 13.8. The van der Waals surface area contributed by atoms with Crippen LogP contribution in [0.2, 0.25) is 0 Å². The van der Waals surface area contributed by atoms with Gasteiger partial charge < -0.3 is 31.3 Å². The summed E-state index contributed by atoms with van der Waals surface area (Å²) in [6, 6.07) is 4.65. The highest BCUT2D eigenvalue weighted by Gasteiger charge is 2.70. The van der Waals surface area contributed by atoms with Gasteiger partial charge in [0.1, 0.15) is 18.7 Å². The number of benzene rings is 1. The number of amides is 6. The Bertz CT molecular complexity index is 1410. The van der Waals surface area contributed by atoms with E-state index in [1.54, 1.807) is 24.3 Å². The molecule has 1 aromatic rings. The molecular weight excluding hydrogens is 616 g/mol. The third-order valence-electron chi connectivity index (χ3n) is 10.0. The fourth-order valence-corrected chi connectivity index (χ4v) is 6.65. The van der Waals surface area contributed by atoms with E-state index in [-0.39, 0.29) is 29.8 Å². The van der Waals surface area contributed by atoms with Crippen LogP contribution in [-0.2, 0) is 23.9 Å². The average Bonchev–Trinajstić information content (AvgIpc) is 3.83. The molecule has 1 heterocycles. The Morgan fingerprint density at radius 3 is 2.10 bits per heavy atom. The van der Waals surface area contributed by atoms with E-state index in [1.165, 1.54) is 4.90 Å². The quantitative estimate of drug-likeness (QED) is 0.211. The number of nitrogens with two attached hydrogens (primary N) is 1. The van der Waals surface area contributed by atoms with Crippen molar-refractivity contribution in [3.05, 3.63) is 30.3 Å². The first kappa shape index (κ1) is 36.7. The Kier molecular flexibility index (Phi) is 10.5. The number of Topliss-reactive ketones (excluding diaryl/α,β-unsaturated/α-hetero) is 1. The van der Waals surface area contributed by atoms with Crippen LogP contribution in [0.5, 0.6) is 0 Å². The van der Waals surface area contributed by atoms with Crippen LogP contribution >= 0.6 is 0 Å². The number of nitrogens with zero attached hydrogens (tertiary/aromatic N) is 1. The van der Waals surface area contributed by atoms with Gasteiger partial charge in [0.15, 0.2) is 0 Å². The molecule has 6 amide bonds. The first-order valence-electron chi connectivity index (χ1n) is 16.7. The molecule has 4 unspecified atom stereocenters. The molecule has 0 bridgehead atoms. The van der Waals surface area contributed by atoms with Crippen molar-refractivity contribution in [2.24, 2.45) is 39.7 Å². The molecule has 3 fully saturated rings. The van der Waals surface area contributed by atoms with E-state index in [0.29, 0.717) is 18.7 Å². The summed E-state index contributed by atoms with van der Waals surface area (Å²) in [7, 11) is 0. The van der Waals surface area contributed by atoms with Crippen molar-refractivity contribution in [2.75, 3.05) is 18.5 Å². The van der Waals surface area contributed by atoms with E-state index in [9.17, 15) is 28.8 Å². The van der Waals surface area contributed by atoms with Crippen molar-refractivity contribution >= 4 is 41.3 Å². The van der Waals surface area contributed by atoms with Gasteiger partial charge in [-0.2, -0.15) is 0 Å². The minimum absolute atomic E-state index is 0.0600. The van der Waals surface area contributed by atoms with Crippen molar-refractivity contribution < 1.29 is 33.5 Å². The Balaban J connectivity index is 1.46. The van der Waals surface area contributed by atoms with Gasteiger partial charge in [0.25, 0.3) is 5.91 Å². The van der Waals surface area contributed by atoms with Crippen LogP contribution in [0.1, 0.15) is 74.7 Å². The average molecular weight is 669 g/mol. The van der Waals surface area contributed by atoms with Gasteiger partial charge in [-0.25, -0.2) is 9.59 Å². The van der Waals surface area contributed by atoms with Crippen molar-refractivity contribution in [1.29, 1.82) is 0 Å². The number of carbonyl (C=O) groups excluding carboxylic acids is 6. The number of likely N-dealkylation sites (tertiary alicyclic amines) is 1. The number of piperidine rings is 1. The topological polar surface area (TPSA) is 189 Å². The Morgan fingerprint density at radius 2 is 1.56 bits per heavy atom. The molecule has 4 rings (SSSR count). The number of hydrogen-bond donors (Lipinski definition) is 5. The van der Waals surface area contributed by atoms with Gasteiger partial charge in [0, 0.05) is 12.2 Å². The summed E-state index contributed by atoms with van der Waals surface area (Å²) in [4.78, 5) is 80.0. The number of primary amides is 1. The summed E-state index contributed by atoms with van der Waals surface area (Å²) in [5.74, 6) is -2.74. The molecule has 2 saturated carbocycles. The zero-order valence-electron chi connectivity index (χ0n) is 29.3. The fraction of sp³-hybridized carbons (Fsp3) is 0.657. The van der Waals surface area contributed by atoms with Crippen molar-refractivity contribution in [3.8, 4) is 0 Å². The van der Waals surface area contributed by atoms with Crippen LogP contribution in [0.4, 0.5) is 15.3 Å². The molecule has 6 atom stereocenters. The van der Waals surface area contributed by atoms with Gasteiger partial charge in [0.2, 0.25) is 17.6 Å². The molecule has 1 saturated heterocycles. The van der Waals surface area contributed by atoms with E-state index in [2.05, 4.69) is 21.3 Å². The van der Waals surface area contributed by atoms with Gasteiger partial charge >= 0.3 is 12.1 Å². The minimum Gasteiger partial charge on any atom is -0.447 e. The van der Waals surface area contributed by atoms with Crippen LogP contribution in [0.15, 0.2) is 30.3 Å². The minimum atomic E-state index is -1.11. The highest BCUT2D eigenvalue weighted by Crippen LogP contribution is 2.65. The molecule has 264 valence electrons. The van der Waals surface area contributed by atoms with Crippen molar-refractivity contribution in [2.45, 2.75) is 98.8 Å². The molecule has 0 radical (unpaired) electrons. The Hall–Kier alpha value is -4.16. The van der Waals surface area contributed by atoms with Crippen molar-refractivity contribution in [1.82, 2.24) is 20.9 Å². The summed E-state index contributed by atoms with van der Waals surface area (Å²) in [5, 5.41) is 11.1. The van der Waals surface area contributed by atoms with Gasteiger partial charge in [-0.1, -0.05) is 86.4 Å². The highest BCUT2D eigenvalue weighted by atomic mass is 16.5. The molecule has 1 aliphatic heterocycles. The predicted octanol–water partition coefficient (Wildman–Crippen LogP) is 3.19. The lowest BCUT2D eigenvalue weighted by Gasteiger charge is -2.38. The van der Waals surface area contributed by atoms with Crippen LogP contribution in [0.25, 0.3) is 0 Å². The van der Waals surface area contributed by atoms with E-state index in [0.717, 1.165) is 12.8 Å². The maximum atomic E-state index is 14.3. The maximum absolute atomic E-state index is 14.3. The van der Waals surface area contributed by atoms with Gasteiger partial charge in [-0.3, -0.25) is 24.5 Å². The zero-order chi connectivity index (χ0) is 35.8. The molecule has 48 heavy (non-hydrogen) atoms. The molecule has 3 aliphatic rings. The first-order valence-corrected chi connectivity index (χ1v) is 16.7. The number of carbonyl (C=O) groups is 6. The number of ether oxygens (including phenoxy) is 1. The maximum Gasteiger partial charge on any atom is 0.411 e. The number of rotatable bonds is 12. The number of nitrogens with one attached hydrogen (secondary N) is 4. The first-order chi connectivity index (χ1) is 22.2. The number of ketones is 1. The normalized spacial score (nSPS) is 23.1. The lowest BCUT2D eigenvalue weighted by Crippen LogP contribution is -2.62. The van der Waals surface area contributed by atoms with Crippen LogP contribution in [0, 0.1) is 34.0 Å². The smallest absolute Gasteiger partial charge is 0.411 e. The highest BCUT2D eigenvalue weighted by molar-refractivity contribution is 6.37. The molecule has 6 N–H and O–H groups in total. The van der Waals surface area contributed by atoms with Crippen molar-refractivity contribution in [3.63, 3.8) is 0 Å². The monoisotopic (exact) mass is 668 g/mol. The van der Waals surface area contributed by atoms with Crippen LogP contribution in [0.3, 0.4) is 0 Å². The Morgan fingerprint density at radius 1 is 0.938 bits per heavy atom. The third kappa shape index (κ3) is 8.65. The van der Waals surface area contributed by atoms with Gasteiger partial charge in [-0.05, 0) is 52.6 Å². The summed E-state index contributed by atoms with van der Waals surface area (Å²) in [6.45, 7) is 15.4. The standard InChI is InChI=1S/C35H52N6O7/c1-33(2,3)23(18-48-32(47)37-20-12-10-9-11-13-20)39-31(46)40-27(34(4,5)6)30(45)41-17-21-24(35(21,7)8)25(41)29(44)38-22(16-19-14-15-19)26(42)28(36)43/h9-13,19,21-25,27H,14-18H2,1-8H3,(H2,36,43)(H,37,47)(H,38,44)(H2,39,40,46)/t21-,22?,23?,24-,25?,27?/m0/s1. The largest absolute Gasteiger partial charge is 0.447 e. The molecule has 13 heteroatoms. The molecule has 2 aliphatic carbocycles. The summed E-state index contributed by atoms with van der Waals surface area (Å²) in [6.07, 6.45) is 1.48. The van der Waals surface area contributed by atoms with E-state index in [4.69, 9.17) is 10.5 Å². The molecular formula is C35H52N6O7. The van der Waals surface area contributed by atoms with Crippen LogP contribution in [-0.4, -0.2) is 77.8 Å². The third-order valence-corrected chi connectivity index (χ3v) is 10.0. The number of fused-ring (bicyclic) bond motifs is 1. The number of anilines is 1. The lowest BCUT2D eigenvalue weighted by atomic mass is 9.85. The second-order valence-corrected chi connectivity index (χ2v) is 16.3. The number of urea groups is 1. The Labute approximate surface area is 282 Å². The van der Waals surface area contributed by atoms with E-state index < -0.39 is 70.6 Å². The summed E-state index contributed by atoms with van der Waals surface area (Å²) >= 11 is 0. The second-order valence-electron chi connectivity index (χ2n) is 16.3. The van der Waals surface area contributed by atoms with Gasteiger partial charge in [0.05, 0.1) is 12.1 Å². The SMILES string of the molecule is CC(C)(C)C(COC(=O)Nc1ccccc1)NC(=O)NC(C(=O)N1C[C@H]2[C@@H](C1C(=O)NC(CC1CC1)C(=O)C(N)=O)C2(C)C)C(C)(C)C. The van der Waals surface area contributed by atoms with Crippen LogP contribution < -0.4 is 27.0 Å². The van der Waals surface area contributed by atoms with E-state index in [1.807, 2.05) is 61.5 Å². The van der Waals surface area contributed by atoms with Gasteiger partial charge in [-0.15, -0.1) is 0 Å². The number of hydrogen-bond acceptors (Lipinski definition) is 7. The zero-order valence-corrected chi connectivity index (χ0v) is 29.3. The number of para-hydroxylation sites is 1. The summed E-state index contributed by atoms with van der Waals surface area (Å²) in [5.41, 5.74) is 4.40. The fourth-order valence-electron chi connectivity index (χ4n) is 6.65. The summed E-state index contributed by atoms with van der Waals surface area (Å²) < 4.78 is 5.44. The molecule has 0 spiro atoms. The predicted molar refractivity (Wildman–Crippen MR) is 179 cm³/mol. The van der Waals surface area contributed by atoms with E-state index >= 15 is 0 Å². The molecule has 1 aromatic carbocycles. The lowest BCUT2D eigenvalue weighted by molar-refractivity contribution is -0.145.